The Balaban J connectivity index is 1.87. The molecule has 130 valence electrons. The van der Waals surface area contributed by atoms with Crippen LogP contribution in [0.1, 0.15) is 17.5 Å². The number of methoxy groups -OCH3 is 1. The third kappa shape index (κ3) is 5.22. The number of carbonyl (C=O) groups is 1. The number of hydrogen-bond acceptors (Lipinski definition) is 4. The number of carbonyl (C=O) groups excluding carboxylic acids is 1. The van der Waals surface area contributed by atoms with Gasteiger partial charge in [-0.05, 0) is 30.2 Å². The van der Waals surface area contributed by atoms with E-state index in [0.717, 1.165) is 5.56 Å². The Morgan fingerprint density at radius 1 is 1.38 bits per heavy atom. The van der Waals surface area contributed by atoms with Crippen LogP contribution in [0.4, 0.5) is 8.78 Å². The maximum absolute atomic E-state index is 12.4. The molecular formula is C16H19F2N3O3. The molecule has 0 atom stereocenters. The quantitative estimate of drug-likeness (QED) is 0.803. The molecule has 2 rings (SSSR count). The van der Waals surface area contributed by atoms with Gasteiger partial charge in [0.25, 0.3) is 0 Å². The van der Waals surface area contributed by atoms with Gasteiger partial charge >= 0.3 is 6.61 Å². The van der Waals surface area contributed by atoms with Crippen molar-refractivity contribution in [2.24, 2.45) is 0 Å². The van der Waals surface area contributed by atoms with Gasteiger partial charge in [0.1, 0.15) is 0 Å². The van der Waals surface area contributed by atoms with E-state index in [1.54, 1.807) is 16.9 Å². The van der Waals surface area contributed by atoms with Crippen LogP contribution in [-0.2, 0) is 17.9 Å². The fraction of sp³-hybridized carbons (Fsp3) is 0.375. The zero-order chi connectivity index (χ0) is 17.5. The average Bonchev–Trinajstić information content (AvgIpc) is 2.96. The van der Waals surface area contributed by atoms with E-state index in [1.165, 1.54) is 19.2 Å². The van der Waals surface area contributed by atoms with Crippen molar-refractivity contribution < 1.29 is 23.0 Å². The summed E-state index contributed by atoms with van der Waals surface area (Å²) in [6.07, 6.45) is 3.85. The molecule has 1 aromatic heterocycles. The van der Waals surface area contributed by atoms with E-state index in [2.05, 4.69) is 15.2 Å². The molecule has 0 spiro atoms. The van der Waals surface area contributed by atoms with Crippen LogP contribution < -0.4 is 14.8 Å². The van der Waals surface area contributed by atoms with Gasteiger partial charge in [0.15, 0.2) is 11.5 Å². The second kappa shape index (κ2) is 8.28. The molecule has 0 saturated heterocycles. The Kier molecular flexibility index (Phi) is 6.11. The van der Waals surface area contributed by atoms with Crippen molar-refractivity contribution in [3.63, 3.8) is 0 Å². The Morgan fingerprint density at radius 3 is 2.79 bits per heavy atom. The molecule has 1 N–H and O–H groups in total. The highest BCUT2D eigenvalue weighted by Gasteiger charge is 2.11. The summed E-state index contributed by atoms with van der Waals surface area (Å²) in [6.45, 7) is -0.337. The highest BCUT2D eigenvalue weighted by atomic mass is 19.3. The molecule has 0 radical (unpaired) electrons. The normalized spacial score (nSPS) is 10.7. The molecule has 1 heterocycles. The van der Waals surface area contributed by atoms with E-state index in [4.69, 9.17) is 4.74 Å². The van der Waals surface area contributed by atoms with Gasteiger partial charge in [-0.1, -0.05) is 6.07 Å². The van der Waals surface area contributed by atoms with Crippen molar-refractivity contribution in [3.05, 3.63) is 41.7 Å². The lowest BCUT2D eigenvalue weighted by Gasteiger charge is -2.12. The maximum atomic E-state index is 12.4. The predicted molar refractivity (Wildman–Crippen MR) is 83.1 cm³/mol. The molecule has 1 aromatic carbocycles. The number of benzene rings is 1. The number of nitrogens with one attached hydrogen (secondary N) is 1. The number of aryl methyl sites for hydroxylation is 2. The molecule has 8 heteroatoms. The second-order valence-electron chi connectivity index (χ2n) is 5.17. The maximum Gasteiger partial charge on any atom is 0.387 e. The lowest BCUT2D eigenvalue weighted by Crippen LogP contribution is -2.24. The van der Waals surface area contributed by atoms with Gasteiger partial charge in [0.05, 0.1) is 13.3 Å². The number of ether oxygens (including phenoxy) is 2. The Morgan fingerprint density at radius 2 is 2.17 bits per heavy atom. The van der Waals surface area contributed by atoms with Crippen LogP contribution in [0.15, 0.2) is 30.6 Å². The minimum atomic E-state index is -2.94. The van der Waals surface area contributed by atoms with Crippen molar-refractivity contribution in [2.45, 2.75) is 33.0 Å². The number of aromatic nitrogens is 2. The highest BCUT2D eigenvalue weighted by Crippen LogP contribution is 2.29. The molecule has 1 amide bonds. The average molecular weight is 339 g/mol. The molecular weight excluding hydrogens is 320 g/mol. The number of amides is 1. The van der Waals surface area contributed by atoms with E-state index in [9.17, 15) is 13.6 Å². The largest absolute Gasteiger partial charge is 0.493 e. The minimum absolute atomic E-state index is 0.0636. The Hall–Kier alpha value is -2.64. The highest BCUT2D eigenvalue weighted by molar-refractivity contribution is 5.75. The van der Waals surface area contributed by atoms with Crippen LogP contribution in [0, 0.1) is 6.92 Å². The topological polar surface area (TPSA) is 65.4 Å². The first-order valence-electron chi connectivity index (χ1n) is 7.35. The zero-order valence-electron chi connectivity index (χ0n) is 13.5. The van der Waals surface area contributed by atoms with Gasteiger partial charge in [0, 0.05) is 25.7 Å². The number of alkyl halides is 2. The monoisotopic (exact) mass is 339 g/mol. The lowest BCUT2D eigenvalue weighted by atomic mass is 10.2. The van der Waals surface area contributed by atoms with E-state index < -0.39 is 6.61 Å². The molecule has 0 saturated carbocycles. The standard InChI is InChI=1S/C16H19F2N3O3/c1-11-8-20-21(10-11)6-5-15(22)19-9-12-3-4-13(23-2)14(7-12)24-16(17)18/h3-4,7-8,10,16H,5-6,9H2,1-2H3,(H,19,22). The first-order valence-corrected chi connectivity index (χ1v) is 7.35. The SMILES string of the molecule is COc1ccc(CNC(=O)CCn2cc(C)cn2)cc1OC(F)F. The first-order chi connectivity index (χ1) is 11.5. The molecule has 0 aliphatic carbocycles. The van der Waals surface area contributed by atoms with Crippen molar-refractivity contribution in [1.82, 2.24) is 15.1 Å². The first kappa shape index (κ1) is 17.7. The summed E-state index contributed by atoms with van der Waals surface area (Å²) in [6, 6.07) is 4.61. The summed E-state index contributed by atoms with van der Waals surface area (Å²) in [5.41, 5.74) is 1.66. The Bertz CT molecular complexity index is 689. The fourth-order valence-electron chi connectivity index (χ4n) is 2.11. The van der Waals surface area contributed by atoms with Gasteiger partial charge in [0.2, 0.25) is 5.91 Å². The molecule has 24 heavy (non-hydrogen) atoms. The fourth-order valence-corrected chi connectivity index (χ4v) is 2.11. The molecule has 6 nitrogen and oxygen atoms in total. The molecule has 2 aromatic rings. The number of halogens is 2. The predicted octanol–water partition coefficient (Wildman–Crippen LogP) is 2.51. The number of rotatable bonds is 8. The van der Waals surface area contributed by atoms with Gasteiger partial charge in [-0.25, -0.2) is 0 Å². The summed E-state index contributed by atoms with van der Waals surface area (Å²) in [5, 5.41) is 6.83. The van der Waals surface area contributed by atoms with Crippen molar-refractivity contribution in [1.29, 1.82) is 0 Å². The summed E-state index contributed by atoms with van der Waals surface area (Å²) >= 11 is 0. The molecule has 0 unspecified atom stereocenters. The Labute approximate surface area is 138 Å². The summed E-state index contributed by atoms with van der Waals surface area (Å²) in [7, 11) is 1.37. The lowest BCUT2D eigenvalue weighted by molar-refractivity contribution is -0.121. The summed E-state index contributed by atoms with van der Waals surface area (Å²) in [4.78, 5) is 11.9. The third-order valence-electron chi connectivity index (χ3n) is 3.26. The van der Waals surface area contributed by atoms with Crippen molar-refractivity contribution >= 4 is 5.91 Å². The second-order valence-corrected chi connectivity index (χ2v) is 5.17. The van der Waals surface area contributed by atoms with Crippen molar-refractivity contribution in [2.75, 3.05) is 7.11 Å². The molecule has 0 aliphatic heterocycles. The molecule has 0 fully saturated rings. The van der Waals surface area contributed by atoms with Crippen molar-refractivity contribution in [3.8, 4) is 11.5 Å². The van der Waals surface area contributed by atoms with Crippen LogP contribution in [0.3, 0.4) is 0 Å². The van der Waals surface area contributed by atoms with Crippen LogP contribution in [0.2, 0.25) is 0 Å². The van der Waals surface area contributed by atoms with E-state index >= 15 is 0 Å². The summed E-state index contributed by atoms with van der Waals surface area (Å²) in [5.74, 6) is -0.0130. The van der Waals surface area contributed by atoms with Crippen LogP contribution in [0.25, 0.3) is 0 Å². The minimum Gasteiger partial charge on any atom is -0.493 e. The molecule has 0 aliphatic rings. The van der Waals surface area contributed by atoms with Gasteiger partial charge in [-0.3, -0.25) is 9.48 Å². The zero-order valence-corrected chi connectivity index (χ0v) is 13.5. The number of nitrogens with zero attached hydrogens (tertiary/aromatic N) is 2. The summed E-state index contributed by atoms with van der Waals surface area (Å²) < 4.78 is 35.8. The van der Waals surface area contributed by atoms with Gasteiger partial charge in [-0.2, -0.15) is 13.9 Å². The van der Waals surface area contributed by atoms with Crippen LogP contribution in [-0.4, -0.2) is 29.4 Å². The number of hydrogen-bond donors (Lipinski definition) is 1. The van der Waals surface area contributed by atoms with E-state index in [-0.39, 0.29) is 30.4 Å². The molecule has 0 bridgehead atoms. The van der Waals surface area contributed by atoms with E-state index in [0.29, 0.717) is 12.1 Å². The van der Waals surface area contributed by atoms with Gasteiger partial charge in [-0.15, -0.1) is 0 Å². The third-order valence-corrected chi connectivity index (χ3v) is 3.26. The smallest absolute Gasteiger partial charge is 0.387 e. The van der Waals surface area contributed by atoms with Crippen LogP contribution >= 0.6 is 0 Å². The van der Waals surface area contributed by atoms with E-state index in [1.807, 2.05) is 13.1 Å². The van der Waals surface area contributed by atoms with Crippen LogP contribution in [0.5, 0.6) is 11.5 Å². The van der Waals surface area contributed by atoms with Gasteiger partial charge < -0.3 is 14.8 Å².